The fraction of sp³-hybridized carbons (Fsp3) is 0.222. The molecule has 0 amide bonds. The van der Waals surface area contributed by atoms with Crippen LogP contribution < -0.4 is 10.1 Å². The number of ether oxygens (including phenoxy) is 1. The molecule has 0 atom stereocenters. The molecule has 0 spiro atoms. The van der Waals surface area contributed by atoms with E-state index in [-0.39, 0.29) is 0 Å². The van der Waals surface area contributed by atoms with Crippen molar-refractivity contribution in [1.29, 1.82) is 0 Å². The Labute approximate surface area is 86.8 Å². The molecule has 0 aromatic heterocycles. The number of benzene rings is 1. The number of hydrogen-bond donors (Lipinski definition) is 1. The third-order valence-electron chi connectivity index (χ3n) is 1.83. The second-order valence-corrected chi connectivity index (χ2v) is 3.59. The Morgan fingerprint density at radius 1 is 1.46 bits per heavy atom. The van der Waals surface area contributed by atoms with E-state index in [9.17, 15) is 0 Å². The summed E-state index contributed by atoms with van der Waals surface area (Å²) in [5.41, 5.74) is 0.875. The molecule has 1 aromatic carbocycles. The molecule has 2 rings (SSSR count). The molecule has 13 heavy (non-hydrogen) atoms. The molecule has 1 heterocycles. The molecule has 4 heteroatoms. The summed E-state index contributed by atoms with van der Waals surface area (Å²) >= 11 is 11.0. The number of hydrogen-bond acceptors (Lipinski definition) is 2. The highest BCUT2D eigenvalue weighted by Crippen LogP contribution is 2.24. The van der Waals surface area contributed by atoms with Gasteiger partial charge in [-0.15, -0.1) is 0 Å². The van der Waals surface area contributed by atoms with Crippen LogP contribution in [0.15, 0.2) is 18.2 Å². The van der Waals surface area contributed by atoms with Crippen LogP contribution in [0.1, 0.15) is 5.56 Å². The number of nitrogens with one attached hydrogen (secondary N) is 1. The summed E-state index contributed by atoms with van der Waals surface area (Å²) in [7, 11) is 0. The molecule has 2 nitrogen and oxygen atoms in total. The van der Waals surface area contributed by atoms with E-state index in [0.29, 0.717) is 16.6 Å². The van der Waals surface area contributed by atoms with Gasteiger partial charge in [0.2, 0.25) is 0 Å². The Kier molecular flexibility index (Phi) is 2.38. The summed E-state index contributed by atoms with van der Waals surface area (Å²) in [5.74, 6) is 0.805. The zero-order valence-corrected chi connectivity index (χ0v) is 8.41. The van der Waals surface area contributed by atoms with Crippen LogP contribution in [0.3, 0.4) is 0 Å². The van der Waals surface area contributed by atoms with Crippen molar-refractivity contribution in [2.75, 3.05) is 13.2 Å². The molecule has 0 fully saturated rings. The zero-order chi connectivity index (χ0) is 9.26. The average molecular weight is 214 g/mol. The largest absolute Gasteiger partial charge is 0.491 e. The molecule has 1 N–H and O–H groups in total. The molecule has 1 aliphatic heterocycles. The smallest absolute Gasteiger partial charge is 0.129 e. The van der Waals surface area contributed by atoms with Gasteiger partial charge in [-0.3, -0.25) is 0 Å². The third-order valence-corrected chi connectivity index (χ3v) is 2.43. The number of fused-ring (bicyclic) bond motifs is 1. The van der Waals surface area contributed by atoms with Gasteiger partial charge in [-0.25, -0.2) is 0 Å². The minimum Gasteiger partial charge on any atom is -0.491 e. The molecule has 1 aromatic rings. The first-order valence-corrected chi connectivity index (χ1v) is 4.76. The van der Waals surface area contributed by atoms with Gasteiger partial charge in [-0.1, -0.05) is 23.8 Å². The fourth-order valence-corrected chi connectivity index (χ4v) is 1.66. The van der Waals surface area contributed by atoms with E-state index >= 15 is 0 Å². The first-order valence-electron chi connectivity index (χ1n) is 3.98. The summed E-state index contributed by atoms with van der Waals surface area (Å²) < 4.78 is 5.47. The van der Waals surface area contributed by atoms with Crippen molar-refractivity contribution in [2.45, 2.75) is 0 Å². The quantitative estimate of drug-likeness (QED) is 0.667. The van der Waals surface area contributed by atoms with Crippen molar-refractivity contribution >= 4 is 28.8 Å². The van der Waals surface area contributed by atoms with Gasteiger partial charge in [-0.2, -0.15) is 0 Å². The lowest BCUT2D eigenvalue weighted by Crippen LogP contribution is -2.23. The van der Waals surface area contributed by atoms with Crippen molar-refractivity contribution in [3.05, 3.63) is 28.8 Å². The van der Waals surface area contributed by atoms with Crippen molar-refractivity contribution in [1.82, 2.24) is 5.32 Å². The summed E-state index contributed by atoms with van der Waals surface area (Å²) in [6, 6.07) is 5.46. The molecule has 1 aliphatic rings. The minimum absolute atomic E-state index is 0.634. The highest BCUT2D eigenvalue weighted by atomic mass is 35.5. The number of halogens is 1. The van der Waals surface area contributed by atoms with Crippen molar-refractivity contribution in [2.24, 2.45) is 0 Å². The van der Waals surface area contributed by atoms with Gasteiger partial charge in [0.25, 0.3) is 0 Å². The van der Waals surface area contributed by atoms with Crippen LogP contribution in [0.4, 0.5) is 0 Å². The Morgan fingerprint density at radius 2 is 2.31 bits per heavy atom. The van der Waals surface area contributed by atoms with E-state index in [0.717, 1.165) is 17.9 Å². The molecule has 68 valence electrons. The molecule has 0 aliphatic carbocycles. The normalized spacial score (nSPS) is 15.3. The Bertz CT molecular complexity index is 353. The summed E-state index contributed by atoms with van der Waals surface area (Å²) in [6.45, 7) is 1.37. The monoisotopic (exact) mass is 213 g/mol. The van der Waals surface area contributed by atoms with Crippen molar-refractivity contribution < 1.29 is 4.74 Å². The topological polar surface area (TPSA) is 21.3 Å². The molecule has 0 bridgehead atoms. The summed E-state index contributed by atoms with van der Waals surface area (Å²) in [4.78, 5) is 0.704. The van der Waals surface area contributed by atoms with Crippen LogP contribution in [0.25, 0.3) is 0 Å². The Balaban J connectivity index is 2.49. The first kappa shape index (κ1) is 8.78. The predicted octanol–water partition coefficient (Wildman–Crippen LogP) is 2.00. The van der Waals surface area contributed by atoms with E-state index in [1.54, 1.807) is 6.07 Å². The standard InChI is InChI=1S/C9H8ClNOS/c10-6-1-2-8-7(5-6)9(13)11-3-4-12-8/h1-2,5H,3-4H2,(H,11,13). The summed E-state index contributed by atoms with van der Waals surface area (Å²) in [6.07, 6.45) is 0. The van der Waals surface area contributed by atoms with E-state index < -0.39 is 0 Å². The fourth-order valence-electron chi connectivity index (χ4n) is 1.23. The zero-order valence-electron chi connectivity index (χ0n) is 6.84. The maximum absolute atomic E-state index is 5.85. The Morgan fingerprint density at radius 3 is 3.15 bits per heavy atom. The van der Waals surface area contributed by atoms with Gasteiger partial charge < -0.3 is 10.1 Å². The second kappa shape index (κ2) is 3.52. The highest BCUT2D eigenvalue weighted by molar-refractivity contribution is 7.80. The van der Waals surface area contributed by atoms with Crippen LogP contribution in [0.5, 0.6) is 5.75 Å². The SMILES string of the molecule is S=C1NCCOc2ccc(Cl)cc21. The lowest BCUT2D eigenvalue weighted by Gasteiger charge is -2.05. The molecule has 0 saturated carbocycles. The molecule has 0 radical (unpaired) electrons. The van der Waals surface area contributed by atoms with Crippen LogP contribution >= 0.6 is 23.8 Å². The summed E-state index contributed by atoms with van der Waals surface area (Å²) in [5, 5.41) is 3.75. The van der Waals surface area contributed by atoms with Crippen LogP contribution in [0, 0.1) is 0 Å². The number of rotatable bonds is 0. The van der Waals surface area contributed by atoms with Crippen molar-refractivity contribution in [3.63, 3.8) is 0 Å². The van der Waals surface area contributed by atoms with E-state index in [1.807, 2.05) is 12.1 Å². The second-order valence-electron chi connectivity index (χ2n) is 2.74. The van der Waals surface area contributed by atoms with Gasteiger partial charge in [-0.05, 0) is 18.2 Å². The molecule has 0 saturated heterocycles. The van der Waals surface area contributed by atoms with Crippen LogP contribution in [0.2, 0.25) is 5.02 Å². The Hall–Kier alpha value is -0.800. The molecular formula is C9H8ClNOS. The van der Waals surface area contributed by atoms with Gasteiger partial charge in [0.1, 0.15) is 17.3 Å². The molecular weight excluding hydrogens is 206 g/mol. The molecule has 0 unspecified atom stereocenters. The predicted molar refractivity (Wildman–Crippen MR) is 56.6 cm³/mol. The van der Waals surface area contributed by atoms with E-state index in [4.69, 9.17) is 28.6 Å². The average Bonchev–Trinajstić information content (AvgIpc) is 2.29. The lowest BCUT2D eigenvalue weighted by atomic mass is 10.2. The van der Waals surface area contributed by atoms with Crippen LogP contribution in [-0.4, -0.2) is 18.1 Å². The third kappa shape index (κ3) is 1.76. The van der Waals surface area contributed by atoms with Crippen molar-refractivity contribution in [3.8, 4) is 5.75 Å². The highest BCUT2D eigenvalue weighted by Gasteiger charge is 2.12. The maximum atomic E-state index is 5.85. The maximum Gasteiger partial charge on any atom is 0.129 e. The van der Waals surface area contributed by atoms with Gasteiger partial charge >= 0.3 is 0 Å². The van der Waals surface area contributed by atoms with Gasteiger partial charge in [0, 0.05) is 11.6 Å². The van der Waals surface area contributed by atoms with Gasteiger partial charge in [0.15, 0.2) is 0 Å². The van der Waals surface area contributed by atoms with Gasteiger partial charge in [0.05, 0.1) is 5.56 Å². The lowest BCUT2D eigenvalue weighted by molar-refractivity contribution is 0.327. The first-order chi connectivity index (χ1) is 6.27. The van der Waals surface area contributed by atoms with Crippen LogP contribution in [-0.2, 0) is 0 Å². The van der Waals surface area contributed by atoms with E-state index in [2.05, 4.69) is 5.32 Å². The number of thiocarbonyl (C=S) groups is 1. The minimum atomic E-state index is 0.634. The van der Waals surface area contributed by atoms with E-state index in [1.165, 1.54) is 0 Å².